The molecule has 0 spiro atoms. The number of aliphatic hydroxyl groups is 5. The fraction of sp³-hybridized carbons (Fsp3) is 1.00. The third-order valence-corrected chi connectivity index (χ3v) is 1.76. The highest BCUT2D eigenvalue weighted by Gasteiger charge is 2.31. The second-order valence-electron chi connectivity index (χ2n) is 2.69. The Hall–Kier alpha value is -0.240. The highest BCUT2D eigenvalue weighted by molar-refractivity contribution is 4.81. The van der Waals surface area contributed by atoms with E-state index in [0.29, 0.717) is 0 Å². The van der Waals surface area contributed by atoms with E-state index in [0.717, 1.165) is 0 Å². The standard InChI is InChI=1S/C7H16O6/c1-13-7(5(11)3-9)6(12)4(10)2-8/h4-12H,2-3H2,1H3. The van der Waals surface area contributed by atoms with Crippen LogP contribution in [0.1, 0.15) is 0 Å². The number of hydrogen-bond acceptors (Lipinski definition) is 6. The van der Waals surface area contributed by atoms with Crippen LogP contribution >= 0.6 is 0 Å². The minimum absolute atomic E-state index is 0.590. The van der Waals surface area contributed by atoms with Crippen LogP contribution in [0.3, 0.4) is 0 Å². The molecule has 0 saturated heterocycles. The molecule has 0 fully saturated rings. The summed E-state index contributed by atoms with van der Waals surface area (Å²) in [5.41, 5.74) is 0. The summed E-state index contributed by atoms with van der Waals surface area (Å²) in [6.07, 6.45) is -5.24. The number of ether oxygens (including phenoxy) is 1. The van der Waals surface area contributed by atoms with Gasteiger partial charge in [-0.05, 0) is 0 Å². The number of aliphatic hydroxyl groups excluding tert-OH is 5. The second kappa shape index (κ2) is 6.25. The van der Waals surface area contributed by atoms with E-state index in [1.807, 2.05) is 0 Å². The smallest absolute Gasteiger partial charge is 0.114 e. The fourth-order valence-corrected chi connectivity index (χ4v) is 0.955. The lowest BCUT2D eigenvalue weighted by molar-refractivity contribution is -0.137. The molecule has 0 amide bonds. The lowest BCUT2D eigenvalue weighted by atomic mass is 10.0. The highest BCUT2D eigenvalue weighted by Crippen LogP contribution is 2.08. The Morgan fingerprint density at radius 3 is 1.77 bits per heavy atom. The van der Waals surface area contributed by atoms with Gasteiger partial charge < -0.3 is 30.3 Å². The van der Waals surface area contributed by atoms with E-state index in [4.69, 9.17) is 20.4 Å². The van der Waals surface area contributed by atoms with Gasteiger partial charge in [-0.15, -0.1) is 0 Å². The number of methoxy groups -OCH3 is 1. The van der Waals surface area contributed by atoms with Gasteiger partial charge in [-0.3, -0.25) is 0 Å². The SMILES string of the molecule is COC(C(O)CO)C(O)C(O)CO. The zero-order valence-corrected chi connectivity index (χ0v) is 7.37. The van der Waals surface area contributed by atoms with Crippen molar-refractivity contribution in [2.75, 3.05) is 20.3 Å². The average Bonchev–Trinajstić information content (AvgIpc) is 2.17. The van der Waals surface area contributed by atoms with E-state index in [9.17, 15) is 5.11 Å². The molecule has 4 atom stereocenters. The first kappa shape index (κ1) is 12.8. The summed E-state index contributed by atoms with van der Waals surface area (Å²) in [5, 5.41) is 44.4. The normalized spacial score (nSPS) is 20.8. The molecule has 0 aromatic carbocycles. The predicted molar refractivity (Wildman–Crippen MR) is 43.0 cm³/mol. The molecule has 0 rings (SSSR count). The lowest BCUT2D eigenvalue weighted by Gasteiger charge is -2.27. The largest absolute Gasteiger partial charge is 0.394 e. The van der Waals surface area contributed by atoms with E-state index in [1.54, 1.807) is 0 Å². The summed E-state index contributed by atoms with van der Waals surface area (Å²) >= 11 is 0. The van der Waals surface area contributed by atoms with Gasteiger partial charge >= 0.3 is 0 Å². The van der Waals surface area contributed by atoms with Gasteiger partial charge in [0, 0.05) is 7.11 Å². The van der Waals surface area contributed by atoms with Crippen LogP contribution in [-0.4, -0.2) is 70.3 Å². The van der Waals surface area contributed by atoms with E-state index in [1.165, 1.54) is 7.11 Å². The molecule has 0 aromatic heterocycles. The van der Waals surface area contributed by atoms with Gasteiger partial charge in [0.05, 0.1) is 13.2 Å². The first-order chi connectivity index (χ1) is 6.08. The molecule has 6 heteroatoms. The molecule has 4 unspecified atom stereocenters. The van der Waals surface area contributed by atoms with E-state index < -0.39 is 37.6 Å². The van der Waals surface area contributed by atoms with Gasteiger partial charge in [0.2, 0.25) is 0 Å². The summed E-state index contributed by atoms with van der Waals surface area (Å²) < 4.78 is 4.66. The van der Waals surface area contributed by atoms with Crippen molar-refractivity contribution in [1.29, 1.82) is 0 Å². The summed E-state index contributed by atoms with van der Waals surface area (Å²) in [6.45, 7) is -1.23. The second-order valence-corrected chi connectivity index (χ2v) is 2.69. The van der Waals surface area contributed by atoms with Crippen LogP contribution in [0.15, 0.2) is 0 Å². The van der Waals surface area contributed by atoms with Crippen molar-refractivity contribution >= 4 is 0 Å². The van der Waals surface area contributed by atoms with Crippen LogP contribution in [0.5, 0.6) is 0 Å². The average molecular weight is 196 g/mol. The Balaban J connectivity index is 4.21. The van der Waals surface area contributed by atoms with E-state index >= 15 is 0 Å². The summed E-state index contributed by atoms with van der Waals surface area (Å²) in [4.78, 5) is 0. The first-order valence-corrected chi connectivity index (χ1v) is 3.87. The molecule has 0 aliphatic heterocycles. The number of hydrogen-bond donors (Lipinski definition) is 5. The maximum atomic E-state index is 9.27. The zero-order chi connectivity index (χ0) is 10.4. The monoisotopic (exact) mass is 196 g/mol. The van der Waals surface area contributed by atoms with Gasteiger partial charge in [0.15, 0.2) is 0 Å². The molecule has 0 heterocycles. The molecular formula is C7H16O6. The van der Waals surface area contributed by atoms with Crippen LogP contribution in [-0.2, 0) is 4.74 Å². The zero-order valence-electron chi connectivity index (χ0n) is 7.37. The topological polar surface area (TPSA) is 110 Å². The van der Waals surface area contributed by atoms with Crippen molar-refractivity contribution in [3.05, 3.63) is 0 Å². The van der Waals surface area contributed by atoms with E-state index in [2.05, 4.69) is 4.74 Å². The molecule has 5 N–H and O–H groups in total. The Labute approximate surface area is 76.0 Å². The quantitative estimate of drug-likeness (QED) is 0.311. The summed E-state index contributed by atoms with van der Waals surface area (Å²) in [6, 6.07) is 0. The highest BCUT2D eigenvalue weighted by atomic mass is 16.5. The van der Waals surface area contributed by atoms with Crippen molar-refractivity contribution in [1.82, 2.24) is 0 Å². The Morgan fingerprint density at radius 2 is 1.46 bits per heavy atom. The van der Waals surface area contributed by atoms with Crippen molar-refractivity contribution < 1.29 is 30.3 Å². The van der Waals surface area contributed by atoms with Crippen LogP contribution in [0.2, 0.25) is 0 Å². The molecule has 80 valence electrons. The van der Waals surface area contributed by atoms with Crippen molar-refractivity contribution in [3.8, 4) is 0 Å². The van der Waals surface area contributed by atoms with Crippen molar-refractivity contribution in [2.45, 2.75) is 24.4 Å². The Bertz CT molecular complexity index is 130. The van der Waals surface area contributed by atoms with Crippen molar-refractivity contribution in [2.24, 2.45) is 0 Å². The maximum absolute atomic E-state index is 9.27. The Morgan fingerprint density at radius 1 is 1.00 bits per heavy atom. The van der Waals surface area contributed by atoms with Gasteiger partial charge in [-0.25, -0.2) is 0 Å². The van der Waals surface area contributed by atoms with Crippen LogP contribution in [0.25, 0.3) is 0 Å². The van der Waals surface area contributed by atoms with E-state index in [-0.39, 0.29) is 0 Å². The number of rotatable bonds is 6. The molecule has 0 bridgehead atoms. The third-order valence-electron chi connectivity index (χ3n) is 1.76. The van der Waals surface area contributed by atoms with Crippen LogP contribution in [0, 0.1) is 0 Å². The first-order valence-electron chi connectivity index (χ1n) is 3.87. The van der Waals surface area contributed by atoms with Gasteiger partial charge in [-0.1, -0.05) is 0 Å². The minimum Gasteiger partial charge on any atom is -0.394 e. The molecule has 0 aliphatic carbocycles. The summed E-state index contributed by atoms with van der Waals surface area (Å²) in [7, 11) is 1.22. The predicted octanol–water partition coefficient (Wildman–Crippen LogP) is -2.93. The molecule has 0 aromatic rings. The maximum Gasteiger partial charge on any atom is 0.114 e. The molecular weight excluding hydrogens is 180 g/mol. The third kappa shape index (κ3) is 3.55. The fourth-order valence-electron chi connectivity index (χ4n) is 0.955. The summed E-state index contributed by atoms with van der Waals surface area (Å²) in [5.74, 6) is 0. The molecule has 13 heavy (non-hydrogen) atoms. The van der Waals surface area contributed by atoms with Gasteiger partial charge in [-0.2, -0.15) is 0 Å². The lowest BCUT2D eigenvalue weighted by Crippen LogP contribution is -2.48. The molecule has 0 saturated carbocycles. The molecule has 6 nitrogen and oxygen atoms in total. The van der Waals surface area contributed by atoms with Crippen LogP contribution < -0.4 is 0 Å². The van der Waals surface area contributed by atoms with Gasteiger partial charge in [0.1, 0.15) is 24.4 Å². The van der Waals surface area contributed by atoms with Crippen LogP contribution in [0.4, 0.5) is 0 Å². The minimum atomic E-state index is -1.43. The van der Waals surface area contributed by atoms with Gasteiger partial charge in [0.25, 0.3) is 0 Å². The molecule has 0 radical (unpaired) electrons. The molecule has 0 aliphatic rings. The van der Waals surface area contributed by atoms with Crippen molar-refractivity contribution in [3.63, 3.8) is 0 Å². The Kier molecular flexibility index (Phi) is 6.13.